The van der Waals surface area contributed by atoms with Gasteiger partial charge < -0.3 is 5.73 Å². The van der Waals surface area contributed by atoms with Crippen LogP contribution in [0.25, 0.3) is 0 Å². The molecule has 0 saturated heterocycles. The monoisotopic (exact) mass is 273 g/mol. The van der Waals surface area contributed by atoms with E-state index in [0.29, 0.717) is 5.56 Å². The van der Waals surface area contributed by atoms with Crippen LogP contribution in [0, 0.1) is 11.3 Å². The largest absolute Gasteiger partial charge is 0.397 e. The number of nitrogens with two attached hydrogens (primary N) is 1. The zero-order valence-corrected chi connectivity index (χ0v) is 10.7. The minimum absolute atomic E-state index is 0.136. The van der Waals surface area contributed by atoms with Crippen molar-refractivity contribution in [1.29, 1.82) is 5.26 Å². The minimum atomic E-state index is -3.70. The Morgan fingerprint density at radius 3 is 2.42 bits per heavy atom. The van der Waals surface area contributed by atoms with Gasteiger partial charge in [0.1, 0.15) is 0 Å². The van der Waals surface area contributed by atoms with Crippen LogP contribution in [0.5, 0.6) is 0 Å². The first kappa shape index (κ1) is 12.9. The normalized spacial score (nSPS) is 10.7. The molecule has 0 amide bonds. The van der Waals surface area contributed by atoms with Crippen LogP contribution in [0.15, 0.2) is 53.4 Å². The SMILES string of the molecule is N#Cc1ccc(N)c(NS(=O)(=O)c2ccccc2)c1. The molecule has 0 saturated carbocycles. The van der Waals surface area contributed by atoms with Crippen LogP contribution < -0.4 is 10.5 Å². The fourth-order valence-electron chi connectivity index (χ4n) is 1.52. The summed E-state index contributed by atoms with van der Waals surface area (Å²) >= 11 is 0. The molecule has 96 valence electrons. The number of anilines is 2. The lowest BCUT2D eigenvalue weighted by molar-refractivity contribution is 0.601. The summed E-state index contributed by atoms with van der Waals surface area (Å²) in [4.78, 5) is 0.136. The second kappa shape index (κ2) is 5.00. The van der Waals surface area contributed by atoms with Crippen LogP contribution >= 0.6 is 0 Å². The fraction of sp³-hybridized carbons (Fsp3) is 0. The molecule has 0 aliphatic heterocycles. The summed E-state index contributed by atoms with van der Waals surface area (Å²) in [6, 6.07) is 14.3. The second-order valence-corrected chi connectivity index (χ2v) is 5.51. The van der Waals surface area contributed by atoms with E-state index in [2.05, 4.69) is 4.72 Å². The number of nitrogens with zero attached hydrogens (tertiary/aromatic N) is 1. The molecule has 3 N–H and O–H groups in total. The lowest BCUT2D eigenvalue weighted by Crippen LogP contribution is -2.14. The van der Waals surface area contributed by atoms with Crippen molar-refractivity contribution in [2.75, 3.05) is 10.5 Å². The van der Waals surface area contributed by atoms with Crippen molar-refractivity contribution in [3.05, 3.63) is 54.1 Å². The Morgan fingerprint density at radius 1 is 1.11 bits per heavy atom. The Kier molecular flexibility index (Phi) is 3.40. The van der Waals surface area contributed by atoms with Gasteiger partial charge in [0.05, 0.1) is 27.9 Å². The highest BCUT2D eigenvalue weighted by Gasteiger charge is 2.15. The summed E-state index contributed by atoms with van der Waals surface area (Å²) < 4.78 is 26.6. The summed E-state index contributed by atoms with van der Waals surface area (Å²) in [6.07, 6.45) is 0. The number of nitriles is 1. The van der Waals surface area contributed by atoms with E-state index in [1.165, 1.54) is 30.3 Å². The standard InChI is InChI=1S/C13H11N3O2S/c14-9-10-6-7-12(15)13(8-10)16-19(17,18)11-4-2-1-3-5-11/h1-8,16H,15H2. The molecule has 0 heterocycles. The van der Waals surface area contributed by atoms with Crippen molar-refractivity contribution in [2.24, 2.45) is 0 Å². The third-order valence-corrected chi connectivity index (χ3v) is 3.86. The molecule has 2 aromatic carbocycles. The second-order valence-electron chi connectivity index (χ2n) is 3.83. The summed E-state index contributed by atoms with van der Waals surface area (Å²) in [5.41, 5.74) is 6.49. The first-order valence-corrected chi connectivity index (χ1v) is 6.89. The molecule has 19 heavy (non-hydrogen) atoms. The van der Waals surface area contributed by atoms with E-state index in [0.717, 1.165) is 0 Å². The van der Waals surface area contributed by atoms with Crippen molar-refractivity contribution < 1.29 is 8.42 Å². The Hall–Kier alpha value is -2.52. The molecule has 0 atom stereocenters. The van der Waals surface area contributed by atoms with E-state index in [4.69, 9.17) is 11.0 Å². The average molecular weight is 273 g/mol. The Balaban J connectivity index is 2.39. The Morgan fingerprint density at radius 2 is 1.79 bits per heavy atom. The molecule has 0 fully saturated rings. The average Bonchev–Trinajstić information content (AvgIpc) is 2.42. The smallest absolute Gasteiger partial charge is 0.261 e. The number of hydrogen-bond donors (Lipinski definition) is 2. The van der Waals surface area contributed by atoms with E-state index in [9.17, 15) is 8.42 Å². The predicted molar refractivity (Wildman–Crippen MR) is 72.8 cm³/mol. The third-order valence-electron chi connectivity index (χ3n) is 2.48. The van der Waals surface area contributed by atoms with Crippen molar-refractivity contribution in [1.82, 2.24) is 0 Å². The van der Waals surface area contributed by atoms with E-state index in [-0.39, 0.29) is 16.3 Å². The van der Waals surface area contributed by atoms with Gasteiger partial charge in [0.25, 0.3) is 10.0 Å². The van der Waals surface area contributed by atoms with Gasteiger partial charge in [0.2, 0.25) is 0 Å². The highest BCUT2D eigenvalue weighted by atomic mass is 32.2. The van der Waals surface area contributed by atoms with E-state index in [1.807, 2.05) is 6.07 Å². The molecular formula is C13H11N3O2S. The van der Waals surface area contributed by atoms with Gasteiger partial charge in [0, 0.05) is 0 Å². The molecule has 5 nitrogen and oxygen atoms in total. The van der Waals surface area contributed by atoms with Crippen LogP contribution in [0.2, 0.25) is 0 Å². The topological polar surface area (TPSA) is 96.0 Å². The van der Waals surface area contributed by atoms with Gasteiger partial charge in [-0.2, -0.15) is 5.26 Å². The van der Waals surface area contributed by atoms with Gasteiger partial charge in [0.15, 0.2) is 0 Å². The summed E-state index contributed by atoms with van der Waals surface area (Å²) in [5.74, 6) is 0. The molecule has 0 unspecified atom stereocenters. The molecule has 0 spiro atoms. The number of nitrogen functional groups attached to an aromatic ring is 1. The molecule has 0 bridgehead atoms. The van der Waals surface area contributed by atoms with Crippen molar-refractivity contribution >= 4 is 21.4 Å². The molecule has 0 aliphatic rings. The number of sulfonamides is 1. The van der Waals surface area contributed by atoms with Crippen molar-refractivity contribution in [3.63, 3.8) is 0 Å². The Bertz CT molecular complexity index is 734. The van der Waals surface area contributed by atoms with Crippen LogP contribution in [0.1, 0.15) is 5.56 Å². The van der Waals surface area contributed by atoms with Gasteiger partial charge >= 0.3 is 0 Å². The summed E-state index contributed by atoms with van der Waals surface area (Å²) in [5, 5.41) is 8.80. The molecule has 6 heteroatoms. The van der Waals surface area contributed by atoms with E-state index in [1.54, 1.807) is 18.2 Å². The zero-order chi connectivity index (χ0) is 13.9. The minimum Gasteiger partial charge on any atom is -0.397 e. The van der Waals surface area contributed by atoms with Gasteiger partial charge in [-0.1, -0.05) is 18.2 Å². The van der Waals surface area contributed by atoms with Crippen molar-refractivity contribution in [3.8, 4) is 6.07 Å². The molecule has 0 aliphatic carbocycles. The number of nitrogens with one attached hydrogen (secondary N) is 1. The van der Waals surface area contributed by atoms with Crippen LogP contribution in [-0.4, -0.2) is 8.42 Å². The highest BCUT2D eigenvalue weighted by Crippen LogP contribution is 2.23. The lowest BCUT2D eigenvalue weighted by atomic mass is 10.2. The lowest BCUT2D eigenvalue weighted by Gasteiger charge is -2.10. The van der Waals surface area contributed by atoms with Gasteiger partial charge in [-0.05, 0) is 30.3 Å². The quantitative estimate of drug-likeness (QED) is 0.835. The van der Waals surface area contributed by atoms with Gasteiger partial charge in [-0.15, -0.1) is 0 Å². The van der Waals surface area contributed by atoms with Crippen LogP contribution in [0.4, 0.5) is 11.4 Å². The van der Waals surface area contributed by atoms with Gasteiger partial charge in [-0.3, -0.25) is 4.72 Å². The zero-order valence-electron chi connectivity index (χ0n) is 9.87. The maximum atomic E-state index is 12.1. The van der Waals surface area contributed by atoms with E-state index >= 15 is 0 Å². The first-order chi connectivity index (χ1) is 9.03. The highest BCUT2D eigenvalue weighted by molar-refractivity contribution is 7.92. The molecular weight excluding hydrogens is 262 g/mol. The molecule has 0 aromatic heterocycles. The predicted octanol–water partition coefficient (Wildman–Crippen LogP) is 1.94. The maximum absolute atomic E-state index is 12.1. The Labute approximate surface area is 111 Å². The summed E-state index contributed by atoms with van der Waals surface area (Å²) in [6.45, 7) is 0. The van der Waals surface area contributed by atoms with Gasteiger partial charge in [-0.25, -0.2) is 8.42 Å². The van der Waals surface area contributed by atoms with E-state index < -0.39 is 10.0 Å². The maximum Gasteiger partial charge on any atom is 0.261 e. The number of benzene rings is 2. The molecule has 2 aromatic rings. The van der Waals surface area contributed by atoms with Crippen molar-refractivity contribution in [2.45, 2.75) is 4.90 Å². The van der Waals surface area contributed by atoms with Crippen LogP contribution in [-0.2, 0) is 10.0 Å². The molecule has 0 radical (unpaired) electrons. The van der Waals surface area contributed by atoms with Crippen LogP contribution in [0.3, 0.4) is 0 Å². The fourth-order valence-corrected chi connectivity index (χ4v) is 2.62. The third kappa shape index (κ3) is 2.84. The number of rotatable bonds is 3. The summed E-state index contributed by atoms with van der Waals surface area (Å²) in [7, 11) is -3.70. The number of hydrogen-bond acceptors (Lipinski definition) is 4. The molecule has 2 rings (SSSR count). The first-order valence-electron chi connectivity index (χ1n) is 5.40.